The molecule has 2 fully saturated rings. The van der Waals surface area contributed by atoms with Gasteiger partial charge in [0.1, 0.15) is 5.60 Å². The fourth-order valence-electron chi connectivity index (χ4n) is 3.87. The van der Waals surface area contributed by atoms with E-state index in [1.807, 2.05) is 27.7 Å². The SMILES string of the molecule is CC(CCNC1CCCC1C1CCCN1)NC(=O)OC(C)(C)C. The van der Waals surface area contributed by atoms with E-state index in [1.165, 1.54) is 38.6 Å². The molecule has 1 heterocycles. The van der Waals surface area contributed by atoms with E-state index in [2.05, 4.69) is 16.0 Å². The van der Waals surface area contributed by atoms with Crippen LogP contribution in [0.3, 0.4) is 0 Å². The lowest BCUT2D eigenvalue weighted by atomic mass is 9.93. The number of carbonyl (C=O) groups is 1. The van der Waals surface area contributed by atoms with Gasteiger partial charge < -0.3 is 20.7 Å². The second-order valence-corrected chi connectivity index (χ2v) is 8.19. The van der Waals surface area contributed by atoms with Crippen molar-refractivity contribution in [3.8, 4) is 0 Å². The van der Waals surface area contributed by atoms with Gasteiger partial charge in [0.05, 0.1) is 0 Å². The van der Waals surface area contributed by atoms with Crippen molar-refractivity contribution >= 4 is 6.09 Å². The van der Waals surface area contributed by atoms with Gasteiger partial charge in [-0.15, -0.1) is 0 Å². The number of hydrogen-bond donors (Lipinski definition) is 3. The number of ether oxygens (including phenoxy) is 1. The van der Waals surface area contributed by atoms with Gasteiger partial charge in [-0.2, -0.15) is 0 Å². The van der Waals surface area contributed by atoms with Crippen molar-refractivity contribution in [1.29, 1.82) is 0 Å². The third kappa shape index (κ3) is 6.30. The van der Waals surface area contributed by atoms with E-state index in [1.54, 1.807) is 0 Å². The Balaban J connectivity index is 1.64. The van der Waals surface area contributed by atoms with Gasteiger partial charge in [-0.3, -0.25) is 0 Å². The zero-order valence-electron chi connectivity index (χ0n) is 15.3. The van der Waals surface area contributed by atoms with Crippen molar-refractivity contribution in [3.63, 3.8) is 0 Å². The van der Waals surface area contributed by atoms with Gasteiger partial charge in [0, 0.05) is 18.1 Å². The van der Waals surface area contributed by atoms with E-state index in [4.69, 9.17) is 4.74 Å². The number of carbonyl (C=O) groups excluding carboxylic acids is 1. The lowest BCUT2D eigenvalue weighted by Crippen LogP contribution is -2.44. The first-order valence-corrected chi connectivity index (χ1v) is 9.31. The summed E-state index contributed by atoms with van der Waals surface area (Å²) in [4.78, 5) is 11.8. The van der Waals surface area contributed by atoms with Crippen molar-refractivity contribution in [3.05, 3.63) is 0 Å². The monoisotopic (exact) mass is 325 g/mol. The summed E-state index contributed by atoms with van der Waals surface area (Å²) in [5, 5.41) is 10.3. The maximum Gasteiger partial charge on any atom is 0.407 e. The second kappa shape index (κ2) is 8.34. The van der Waals surface area contributed by atoms with Crippen LogP contribution in [0.15, 0.2) is 0 Å². The molecule has 1 aliphatic carbocycles. The van der Waals surface area contributed by atoms with Crippen molar-refractivity contribution in [1.82, 2.24) is 16.0 Å². The van der Waals surface area contributed by atoms with Gasteiger partial charge in [-0.05, 0) is 78.8 Å². The summed E-state index contributed by atoms with van der Waals surface area (Å²) in [5.74, 6) is 0.784. The Kier molecular flexibility index (Phi) is 6.72. The summed E-state index contributed by atoms with van der Waals surface area (Å²) in [5.41, 5.74) is -0.437. The second-order valence-electron chi connectivity index (χ2n) is 8.19. The highest BCUT2D eigenvalue weighted by molar-refractivity contribution is 5.67. The van der Waals surface area contributed by atoms with E-state index in [-0.39, 0.29) is 12.1 Å². The van der Waals surface area contributed by atoms with Crippen LogP contribution in [0.25, 0.3) is 0 Å². The molecular formula is C18H35N3O2. The highest BCUT2D eigenvalue weighted by Gasteiger charge is 2.34. The van der Waals surface area contributed by atoms with Crippen LogP contribution in [-0.4, -0.2) is 42.9 Å². The minimum Gasteiger partial charge on any atom is -0.444 e. The molecule has 23 heavy (non-hydrogen) atoms. The molecule has 0 spiro atoms. The van der Waals surface area contributed by atoms with Gasteiger partial charge >= 0.3 is 6.09 Å². The van der Waals surface area contributed by atoms with Crippen LogP contribution in [0.4, 0.5) is 4.79 Å². The molecule has 1 amide bonds. The molecule has 0 aromatic carbocycles. The highest BCUT2D eigenvalue weighted by Crippen LogP contribution is 2.31. The fourth-order valence-corrected chi connectivity index (χ4v) is 3.87. The molecule has 5 heteroatoms. The molecule has 2 rings (SSSR count). The normalized spacial score (nSPS) is 29.5. The lowest BCUT2D eigenvalue weighted by Gasteiger charge is -2.27. The Labute approximate surface area is 141 Å². The van der Waals surface area contributed by atoms with Crippen LogP contribution in [-0.2, 0) is 4.74 Å². The van der Waals surface area contributed by atoms with Crippen LogP contribution in [0, 0.1) is 5.92 Å². The van der Waals surface area contributed by atoms with Crippen molar-refractivity contribution in [2.24, 2.45) is 5.92 Å². The van der Waals surface area contributed by atoms with Crippen molar-refractivity contribution in [2.45, 2.75) is 89.9 Å². The molecule has 0 aromatic rings. The van der Waals surface area contributed by atoms with Gasteiger partial charge in [-0.25, -0.2) is 4.79 Å². The van der Waals surface area contributed by atoms with E-state index in [9.17, 15) is 4.79 Å². The first-order valence-electron chi connectivity index (χ1n) is 9.31. The Morgan fingerprint density at radius 1 is 1.26 bits per heavy atom. The molecule has 0 aromatic heterocycles. The molecule has 1 aliphatic heterocycles. The molecule has 3 N–H and O–H groups in total. The molecule has 134 valence electrons. The number of alkyl carbamates (subject to hydrolysis) is 1. The molecule has 5 nitrogen and oxygen atoms in total. The van der Waals surface area contributed by atoms with Gasteiger partial charge in [0.15, 0.2) is 0 Å². The third-order valence-electron chi connectivity index (χ3n) is 4.93. The highest BCUT2D eigenvalue weighted by atomic mass is 16.6. The average Bonchev–Trinajstić information content (AvgIpc) is 3.05. The third-order valence-corrected chi connectivity index (χ3v) is 4.93. The molecule has 2 aliphatic rings. The topological polar surface area (TPSA) is 62.4 Å². The average molecular weight is 325 g/mol. The summed E-state index contributed by atoms with van der Waals surface area (Å²) in [6, 6.07) is 1.48. The van der Waals surface area contributed by atoms with E-state index in [0.29, 0.717) is 12.1 Å². The van der Waals surface area contributed by atoms with Crippen molar-refractivity contribution in [2.75, 3.05) is 13.1 Å². The summed E-state index contributed by atoms with van der Waals surface area (Å²) >= 11 is 0. The molecule has 1 saturated heterocycles. The van der Waals surface area contributed by atoms with Crippen LogP contribution in [0.2, 0.25) is 0 Å². The molecule has 1 saturated carbocycles. The van der Waals surface area contributed by atoms with Gasteiger partial charge in [0.25, 0.3) is 0 Å². The minimum atomic E-state index is -0.437. The zero-order chi connectivity index (χ0) is 16.9. The summed E-state index contributed by atoms with van der Waals surface area (Å²) in [7, 11) is 0. The first kappa shape index (κ1) is 18.5. The summed E-state index contributed by atoms with van der Waals surface area (Å²) < 4.78 is 5.29. The van der Waals surface area contributed by atoms with Crippen molar-refractivity contribution < 1.29 is 9.53 Å². The minimum absolute atomic E-state index is 0.127. The fraction of sp³-hybridized carbons (Fsp3) is 0.944. The Morgan fingerprint density at radius 3 is 2.70 bits per heavy atom. The molecule has 0 radical (unpaired) electrons. The predicted molar refractivity (Wildman–Crippen MR) is 93.6 cm³/mol. The van der Waals surface area contributed by atoms with E-state index < -0.39 is 5.60 Å². The summed E-state index contributed by atoms with van der Waals surface area (Å²) in [6.07, 6.45) is 7.24. The maximum absolute atomic E-state index is 11.8. The van der Waals surface area contributed by atoms with E-state index in [0.717, 1.165) is 18.9 Å². The number of nitrogens with one attached hydrogen (secondary N) is 3. The quantitative estimate of drug-likeness (QED) is 0.703. The van der Waals surface area contributed by atoms with Gasteiger partial charge in [-0.1, -0.05) is 6.42 Å². The Hall–Kier alpha value is -0.810. The largest absolute Gasteiger partial charge is 0.444 e. The number of hydrogen-bond acceptors (Lipinski definition) is 4. The Bertz CT molecular complexity index is 375. The molecule has 0 bridgehead atoms. The van der Waals surface area contributed by atoms with Crippen LogP contribution in [0.1, 0.15) is 66.2 Å². The first-order chi connectivity index (χ1) is 10.8. The van der Waals surface area contributed by atoms with Crippen LogP contribution < -0.4 is 16.0 Å². The standard InChI is InChI=1S/C18H35N3O2/c1-13(21-17(22)23-18(2,3)4)10-12-20-15-8-5-7-14(15)16-9-6-11-19-16/h13-16,19-20H,5-12H2,1-4H3,(H,21,22). The maximum atomic E-state index is 11.8. The van der Waals surface area contributed by atoms with Crippen LogP contribution >= 0.6 is 0 Å². The number of rotatable bonds is 6. The van der Waals surface area contributed by atoms with E-state index >= 15 is 0 Å². The summed E-state index contributed by atoms with van der Waals surface area (Å²) in [6.45, 7) is 9.83. The lowest BCUT2D eigenvalue weighted by molar-refractivity contribution is 0.0506. The predicted octanol–water partition coefficient (Wildman–Crippen LogP) is 2.80. The molecular weight excluding hydrogens is 290 g/mol. The zero-order valence-corrected chi connectivity index (χ0v) is 15.3. The smallest absolute Gasteiger partial charge is 0.407 e. The molecule has 4 unspecified atom stereocenters. The number of amides is 1. The van der Waals surface area contributed by atoms with Gasteiger partial charge in [0.2, 0.25) is 0 Å². The molecule has 4 atom stereocenters. The Morgan fingerprint density at radius 2 is 2.04 bits per heavy atom. The van der Waals surface area contributed by atoms with Crippen LogP contribution in [0.5, 0.6) is 0 Å².